The number of cyclic esters (lactones) is 1. The van der Waals surface area contributed by atoms with Crippen LogP contribution in [-0.2, 0) is 9.53 Å². The Hall–Kier alpha value is -3.82. The zero-order valence-electron chi connectivity index (χ0n) is 18.3. The quantitative estimate of drug-likeness (QED) is 0.723. The minimum Gasteiger partial charge on any atom is -0.423 e. The molecule has 1 unspecified atom stereocenters. The minimum atomic E-state index is -0.761. The third-order valence-electron chi connectivity index (χ3n) is 5.63. The van der Waals surface area contributed by atoms with Gasteiger partial charge in [-0.1, -0.05) is 25.1 Å². The second-order valence-corrected chi connectivity index (χ2v) is 7.81. The van der Waals surface area contributed by atoms with E-state index in [2.05, 4.69) is 10.6 Å². The molecule has 0 radical (unpaired) electrons. The van der Waals surface area contributed by atoms with Gasteiger partial charge >= 0.3 is 12.1 Å². The number of amides is 4. The lowest BCUT2D eigenvalue weighted by atomic mass is 10.2. The molecule has 2 aliphatic rings. The molecule has 2 heterocycles. The van der Waals surface area contributed by atoms with Crippen molar-refractivity contribution in [3.63, 3.8) is 0 Å². The van der Waals surface area contributed by atoms with Crippen molar-refractivity contribution in [2.45, 2.75) is 19.6 Å². The molecule has 2 saturated heterocycles. The fourth-order valence-corrected chi connectivity index (χ4v) is 3.83. The third-order valence-corrected chi connectivity index (χ3v) is 5.63. The van der Waals surface area contributed by atoms with Gasteiger partial charge in [-0.05, 0) is 30.3 Å². The lowest BCUT2D eigenvalue weighted by Crippen LogP contribution is -2.50. The summed E-state index contributed by atoms with van der Waals surface area (Å²) in [6, 6.07) is 13.6. The van der Waals surface area contributed by atoms with E-state index in [1.807, 2.05) is 35.2 Å². The first-order valence-electron chi connectivity index (χ1n) is 10.9. The number of benzene rings is 2. The van der Waals surface area contributed by atoms with Gasteiger partial charge in [0.1, 0.15) is 5.82 Å². The number of anilines is 3. The van der Waals surface area contributed by atoms with Crippen LogP contribution in [0.2, 0.25) is 0 Å². The summed E-state index contributed by atoms with van der Waals surface area (Å²) in [7, 11) is 0. The highest BCUT2D eigenvalue weighted by molar-refractivity contribution is 5.91. The Balaban J connectivity index is 1.35. The summed E-state index contributed by atoms with van der Waals surface area (Å²) < 4.78 is 20.1. The van der Waals surface area contributed by atoms with Gasteiger partial charge in [0.05, 0.1) is 17.9 Å². The normalized spacial score (nSPS) is 18.2. The maximum Gasteiger partial charge on any atom is 0.416 e. The number of hydrogen-bond acceptors (Lipinski definition) is 5. The number of piperazine rings is 1. The van der Waals surface area contributed by atoms with Crippen LogP contribution >= 0.6 is 0 Å². The Morgan fingerprint density at radius 1 is 1.09 bits per heavy atom. The van der Waals surface area contributed by atoms with E-state index in [9.17, 15) is 18.8 Å². The summed E-state index contributed by atoms with van der Waals surface area (Å²) in [6.07, 6.45) is -1.12. The predicted molar refractivity (Wildman–Crippen MR) is 122 cm³/mol. The molecule has 1 atom stereocenters. The SMILES string of the molecule is CCC(=O)NC1CN(c2ccc(N3CCN(C(=O)Nc4ccccc4)CC3)c(F)c2)C(=O)O1. The molecule has 9 nitrogen and oxygen atoms in total. The van der Waals surface area contributed by atoms with Crippen LogP contribution in [0.15, 0.2) is 48.5 Å². The molecule has 2 aliphatic heterocycles. The molecule has 0 aliphatic carbocycles. The molecular formula is C23H26FN5O4. The van der Waals surface area contributed by atoms with Gasteiger partial charge in [0.25, 0.3) is 0 Å². The average Bonchev–Trinajstić information content (AvgIpc) is 3.19. The number of urea groups is 1. The smallest absolute Gasteiger partial charge is 0.416 e. The molecule has 0 aromatic heterocycles. The van der Waals surface area contributed by atoms with Crippen LogP contribution in [0.25, 0.3) is 0 Å². The van der Waals surface area contributed by atoms with Crippen LogP contribution in [0.1, 0.15) is 13.3 Å². The minimum absolute atomic E-state index is 0.110. The highest BCUT2D eigenvalue weighted by atomic mass is 19.1. The van der Waals surface area contributed by atoms with E-state index in [4.69, 9.17) is 4.74 Å². The van der Waals surface area contributed by atoms with Gasteiger partial charge in [-0.2, -0.15) is 0 Å². The van der Waals surface area contributed by atoms with E-state index in [1.165, 1.54) is 11.0 Å². The lowest BCUT2D eigenvalue weighted by molar-refractivity contribution is -0.123. The van der Waals surface area contributed by atoms with Crippen LogP contribution in [0, 0.1) is 5.82 Å². The van der Waals surface area contributed by atoms with Gasteiger partial charge in [0, 0.05) is 38.3 Å². The molecule has 2 fully saturated rings. The second kappa shape index (κ2) is 9.76. The zero-order valence-corrected chi connectivity index (χ0v) is 18.3. The fourth-order valence-electron chi connectivity index (χ4n) is 3.83. The van der Waals surface area contributed by atoms with Gasteiger partial charge < -0.3 is 25.2 Å². The van der Waals surface area contributed by atoms with E-state index in [1.54, 1.807) is 24.0 Å². The number of nitrogens with zero attached hydrogens (tertiary/aromatic N) is 3. The van der Waals surface area contributed by atoms with Crippen molar-refractivity contribution >= 4 is 35.1 Å². The van der Waals surface area contributed by atoms with Crippen LogP contribution in [0.3, 0.4) is 0 Å². The molecule has 174 valence electrons. The Labute approximate surface area is 191 Å². The van der Waals surface area contributed by atoms with Crippen molar-refractivity contribution in [1.29, 1.82) is 0 Å². The van der Waals surface area contributed by atoms with Crippen molar-refractivity contribution in [1.82, 2.24) is 10.2 Å². The standard InChI is InChI=1S/C23H26FN5O4/c1-2-20(30)26-21-15-29(23(32)33-21)17-8-9-19(18(24)14-17)27-10-12-28(13-11-27)22(31)25-16-6-4-3-5-7-16/h3-9,14,21H,2,10-13,15H2,1H3,(H,25,31)(H,26,30). The van der Waals surface area contributed by atoms with Gasteiger partial charge in [0.2, 0.25) is 5.91 Å². The van der Waals surface area contributed by atoms with Crippen LogP contribution in [0.4, 0.5) is 31.0 Å². The highest BCUT2D eigenvalue weighted by Crippen LogP contribution is 2.28. The summed E-state index contributed by atoms with van der Waals surface area (Å²) in [6.45, 7) is 3.69. The molecule has 0 spiro atoms. The number of carbonyl (C=O) groups is 3. The van der Waals surface area contributed by atoms with Gasteiger partial charge in [0.15, 0.2) is 6.23 Å². The topological polar surface area (TPSA) is 94.2 Å². The molecular weight excluding hydrogens is 429 g/mol. The molecule has 2 N–H and O–H groups in total. The van der Waals surface area contributed by atoms with E-state index >= 15 is 0 Å². The van der Waals surface area contributed by atoms with E-state index in [-0.39, 0.29) is 24.9 Å². The zero-order chi connectivity index (χ0) is 23.4. The molecule has 2 aromatic carbocycles. The number of carbonyl (C=O) groups excluding carboxylic acids is 3. The maximum atomic E-state index is 14.9. The van der Waals surface area contributed by atoms with E-state index in [0.717, 1.165) is 5.69 Å². The average molecular weight is 455 g/mol. The Morgan fingerprint density at radius 2 is 1.82 bits per heavy atom. The predicted octanol–water partition coefficient (Wildman–Crippen LogP) is 2.99. The number of nitrogens with one attached hydrogen (secondary N) is 2. The summed E-state index contributed by atoms with van der Waals surface area (Å²) in [5.74, 6) is -0.698. The number of hydrogen-bond donors (Lipinski definition) is 2. The van der Waals surface area contributed by atoms with Gasteiger partial charge in [-0.25, -0.2) is 14.0 Å². The third kappa shape index (κ3) is 5.16. The van der Waals surface area contributed by atoms with Gasteiger partial charge in [-0.3, -0.25) is 9.69 Å². The number of para-hydroxylation sites is 1. The Kier molecular flexibility index (Phi) is 6.62. The summed E-state index contributed by atoms with van der Waals surface area (Å²) in [5.41, 5.74) is 1.49. The summed E-state index contributed by atoms with van der Waals surface area (Å²) in [4.78, 5) is 41.0. The number of halogens is 1. The molecule has 4 rings (SSSR count). The summed E-state index contributed by atoms with van der Waals surface area (Å²) in [5, 5.41) is 5.46. The first-order valence-corrected chi connectivity index (χ1v) is 10.9. The largest absolute Gasteiger partial charge is 0.423 e. The number of ether oxygens (including phenoxy) is 1. The molecule has 10 heteroatoms. The van der Waals surface area contributed by atoms with Crippen molar-refractivity contribution < 1.29 is 23.5 Å². The van der Waals surface area contributed by atoms with E-state index < -0.39 is 18.1 Å². The van der Waals surface area contributed by atoms with Crippen LogP contribution < -0.4 is 20.4 Å². The molecule has 0 bridgehead atoms. The van der Waals surface area contributed by atoms with Crippen molar-refractivity contribution in [2.24, 2.45) is 0 Å². The number of rotatable bonds is 5. The van der Waals surface area contributed by atoms with Crippen molar-refractivity contribution in [3.8, 4) is 0 Å². The Morgan fingerprint density at radius 3 is 2.48 bits per heavy atom. The first-order chi connectivity index (χ1) is 15.9. The lowest BCUT2D eigenvalue weighted by Gasteiger charge is -2.36. The summed E-state index contributed by atoms with van der Waals surface area (Å²) >= 11 is 0. The molecule has 33 heavy (non-hydrogen) atoms. The van der Waals surface area contributed by atoms with Crippen molar-refractivity contribution in [3.05, 3.63) is 54.3 Å². The fraction of sp³-hybridized carbons (Fsp3) is 0.348. The molecule has 0 saturated carbocycles. The van der Waals surface area contributed by atoms with Crippen LogP contribution in [0.5, 0.6) is 0 Å². The Bertz CT molecular complexity index is 1030. The highest BCUT2D eigenvalue weighted by Gasteiger charge is 2.33. The van der Waals surface area contributed by atoms with Crippen LogP contribution in [-0.4, -0.2) is 61.9 Å². The van der Waals surface area contributed by atoms with Crippen molar-refractivity contribution in [2.75, 3.05) is 47.8 Å². The first kappa shape index (κ1) is 22.4. The monoisotopic (exact) mass is 455 g/mol. The molecule has 2 aromatic rings. The second-order valence-electron chi connectivity index (χ2n) is 7.81. The van der Waals surface area contributed by atoms with Gasteiger partial charge in [-0.15, -0.1) is 0 Å². The van der Waals surface area contributed by atoms with E-state index in [0.29, 0.717) is 37.6 Å². The maximum absolute atomic E-state index is 14.9. The molecule has 4 amide bonds.